The predicted octanol–water partition coefficient (Wildman–Crippen LogP) is 3.84. The third-order valence-corrected chi connectivity index (χ3v) is 4.06. The normalized spacial score (nSPS) is 16.2. The number of carbonyl (C=O) groups excluding carboxylic acids is 2. The maximum absolute atomic E-state index is 12.4. The SMILES string of the molecule is O=C1S/C(=C/c2cccc([N+](=O)[O-])c2)C(=O)N1c1ccccc1. The zero-order valence-corrected chi connectivity index (χ0v) is 12.5. The van der Waals surface area contributed by atoms with Crippen molar-refractivity contribution in [3.05, 3.63) is 75.2 Å². The predicted molar refractivity (Wildman–Crippen MR) is 88.0 cm³/mol. The third-order valence-electron chi connectivity index (χ3n) is 3.19. The Morgan fingerprint density at radius 3 is 2.48 bits per heavy atom. The van der Waals surface area contributed by atoms with Crippen molar-refractivity contribution in [1.29, 1.82) is 0 Å². The molecule has 114 valence electrons. The summed E-state index contributed by atoms with van der Waals surface area (Å²) in [7, 11) is 0. The molecule has 0 aliphatic carbocycles. The highest BCUT2D eigenvalue weighted by atomic mass is 32.2. The molecule has 1 aliphatic heterocycles. The smallest absolute Gasteiger partial charge is 0.268 e. The van der Waals surface area contributed by atoms with Gasteiger partial charge in [0, 0.05) is 12.1 Å². The van der Waals surface area contributed by atoms with Gasteiger partial charge < -0.3 is 0 Å². The lowest BCUT2D eigenvalue weighted by Crippen LogP contribution is -2.27. The molecule has 1 heterocycles. The van der Waals surface area contributed by atoms with Gasteiger partial charge in [0.05, 0.1) is 15.5 Å². The fourth-order valence-corrected chi connectivity index (χ4v) is 2.99. The van der Waals surface area contributed by atoms with Crippen LogP contribution in [0.1, 0.15) is 5.56 Å². The summed E-state index contributed by atoms with van der Waals surface area (Å²) in [5.74, 6) is -0.433. The number of anilines is 1. The van der Waals surface area contributed by atoms with Crippen LogP contribution in [0, 0.1) is 10.1 Å². The Morgan fingerprint density at radius 1 is 1.04 bits per heavy atom. The number of para-hydroxylation sites is 1. The van der Waals surface area contributed by atoms with Crippen molar-refractivity contribution in [2.45, 2.75) is 0 Å². The number of nitrogens with zero attached hydrogens (tertiary/aromatic N) is 2. The molecule has 1 saturated heterocycles. The molecule has 0 bridgehead atoms. The Bertz CT molecular complexity index is 833. The molecule has 1 fully saturated rings. The maximum Gasteiger partial charge on any atom is 0.298 e. The number of nitro groups is 1. The van der Waals surface area contributed by atoms with Gasteiger partial charge in [-0.05, 0) is 35.5 Å². The van der Waals surface area contributed by atoms with Gasteiger partial charge in [-0.15, -0.1) is 0 Å². The van der Waals surface area contributed by atoms with Crippen molar-refractivity contribution in [1.82, 2.24) is 0 Å². The Kier molecular flexibility index (Phi) is 3.94. The largest absolute Gasteiger partial charge is 0.298 e. The van der Waals surface area contributed by atoms with Gasteiger partial charge in [-0.1, -0.05) is 30.3 Å². The number of rotatable bonds is 3. The molecule has 0 spiro atoms. The van der Waals surface area contributed by atoms with Crippen LogP contribution in [-0.4, -0.2) is 16.1 Å². The molecule has 2 amide bonds. The van der Waals surface area contributed by atoms with E-state index in [0.717, 1.165) is 16.7 Å². The number of hydrogen-bond donors (Lipinski definition) is 0. The van der Waals surface area contributed by atoms with Crippen molar-refractivity contribution in [2.24, 2.45) is 0 Å². The van der Waals surface area contributed by atoms with Crippen molar-refractivity contribution < 1.29 is 14.5 Å². The summed E-state index contributed by atoms with van der Waals surface area (Å²) in [6, 6.07) is 14.5. The zero-order valence-electron chi connectivity index (χ0n) is 11.7. The highest BCUT2D eigenvalue weighted by Gasteiger charge is 2.36. The quantitative estimate of drug-likeness (QED) is 0.486. The number of amides is 2. The average molecular weight is 326 g/mol. The zero-order chi connectivity index (χ0) is 16.4. The first-order valence-corrected chi connectivity index (χ1v) is 7.45. The maximum atomic E-state index is 12.4. The van der Waals surface area contributed by atoms with Crippen LogP contribution in [0.3, 0.4) is 0 Å². The summed E-state index contributed by atoms with van der Waals surface area (Å²) in [5, 5.41) is 10.4. The first kappa shape index (κ1) is 15.0. The lowest BCUT2D eigenvalue weighted by molar-refractivity contribution is -0.384. The Balaban J connectivity index is 1.93. The highest BCUT2D eigenvalue weighted by Crippen LogP contribution is 2.35. The number of non-ortho nitro benzene ring substituents is 1. The van der Waals surface area contributed by atoms with E-state index in [9.17, 15) is 19.7 Å². The van der Waals surface area contributed by atoms with Crippen LogP contribution in [0.15, 0.2) is 59.5 Å². The molecule has 0 unspecified atom stereocenters. The molecule has 2 aromatic carbocycles. The van der Waals surface area contributed by atoms with E-state index in [-0.39, 0.29) is 10.6 Å². The van der Waals surface area contributed by atoms with Gasteiger partial charge >= 0.3 is 0 Å². The standard InChI is InChI=1S/C16H10N2O4S/c19-15-14(10-11-5-4-8-13(9-11)18(21)22)23-16(20)17(15)12-6-2-1-3-7-12/h1-10H/b14-10+. The van der Waals surface area contributed by atoms with Crippen molar-refractivity contribution in [3.8, 4) is 0 Å². The molecule has 7 heteroatoms. The van der Waals surface area contributed by atoms with Crippen LogP contribution in [-0.2, 0) is 4.79 Å². The summed E-state index contributed by atoms with van der Waals surface area (Å²) < 4.78 is 0. The Hall–Kier alpha value is -2.93. The van der Waals surface area contributed by atoms with Gasteiger partial charge in [-0.3, -0.25) is 19.7 Å². The fourth-order valence-electron chi connectivity index (χ4n) is 2.15. The molecule has 0 atom stereocenters. The summed E-state index contributed by atoms with van der Waals surface area (Å²) in [6.07, 6.45) is 1.49. The van der Waals surface area contributed by atoms with Gasteiger partial charge in [-0.25, -0.2) is 4.90 Å². The molecule has 0 radical (unpaired) electrons. The number of hydrogen-bond acceptors (Lipinski definition) is 5. The van der Waals surface area contributed by atoms with Crippen LogP contribution in [0.5, 0.6) is 0 Å². The number of carbonyl (C=O) groups is 2. The first-order chi connectivity index (χ1) is 11.1. The molecule has 0 saturated carbocycles. The molecular formula is C16H10N2O4S. The third kappa shape index (κ3) is 3.00. The number of thioether (sulfide) groups is 1. The Morgan fingerprint density at radius 2 is 1.78 bits per heavy atom. The molecule has 0 aromatic heterocycles. The molecule has 1 aliphatic rings. The summed E-state index contributed by atoms with van der Waals surface area (Å²) in [5.41, 5.74) is 0.927. The van der Waals surface area contributed by atoms with E-state index >= 15 is 0 Å². The van der Waals surface area contributed by atoms with E-state index in [4.69, 9.17) is 0 Å². The van der Waals surface area contributed by atoms with Crippen LogP contribution >= 0.6 is 11.8 Å². The van der Waals surface area contributed by atoms with Crippen LogP contribution in [0.25, 0.3) is 6.08 Å². The van der Waals surface area contributed by atoms with Crippen LogP contribution < -0.4 is 4.90 Å². The van der Waals surface area contributed by atoms with E-state index in [1.807, 2.05) is 0 Å². The summed E-state index contributed by atoms with van der Waals surface area (Å²) in [4.78, 5) is 36.1. The number of benzene rings is 2. The monoisotopic (exact) mass is 326 g/mol. The van der Waals surface area contributed by atoms with Gasteiger partial charge in [-0.2, -0.15) is 0 Å². The molecule has 3 rings (SSSR count). The van der Waals surface area contributed by atoms with Gasteiger partial charge in [0.25, 0.3) is 16.8 Å². The molecule has 6 nitrogen and oxygen atoms in total. The van der Waals surface area contributed by atoms with E-state index in [2.05, 4.69) is 0 Å². The second kappa shape index (κ2) is 6.05. The highest BCUT2D eigenvalue weighted by molar-refractivity contribution is 8.19. The van der Waals surface area contributed by atoms with E-state index < -0.39 is 16.1 Å². The molecule has 2 aromatic rings. The summed E-state index contributed by atoms with van der Waals surface area (Å²) in [6.45, 7) is 0. The van der Waals surface area contributed by atoms with Crippen molar-refractivity contribution in [2.75, 3.05) is 4.90 Å². The van der Waals surface area contributed by atoms with E-state index in [0.29, 0.717) is 11.3 Å². The second-order valence-corrected chi connectivity index (χ2v) is 5.70. The first-order valence-electron chi connectivity index (χ1n) is 6.64. The average Bonchev–Trinajstić information content (AvgIpc) is 2.82. The molecule has 0 N–H and O–H groups in total. The minimum Gasteiger partial charge on any atom is -0.268 e. The van der Waals surface area contributed by atoms with Gasteiger partial charge in [0.2, 0.25) is 0 Å². The van der Waals surface area contributed by atoms with Crippen LogP contribution in [0.4, 0.5) is 16.2 Å². The fraction of sp³-hybridized carbons (Fsp3) is 0. The lowest BCUT2D eigenvalue weighted by atomic mass is 10.2. The topological polar surface area (TPSA) is 80.5 Å². The van der Waals surface area contributed by atoms with Crippen molar-refractivity contribution in [3.63, 3.8) is 0 Å². The number of imide groups is 1. The summed E-state index contributed by atoms with van der Waals surface area (Å²) >= 11 is 0.814. The van der Waals surface area contributed by atoms with E-state index in [1.165, 1.54) is 24.3 Å². The van der Waals surface area contributed by atoms with Crippen molar-refractivity contribution >= 4 is 40.4 Å². The van der Waals surface area contributed by atoms with Gasteiger partial charge in [0.1, 0.15) is 0 Å². The van der Waals surface area contributed by atoms with E-state index in [1.54, 1.807) is 36.4 Å². The van der Waals surface area contributed by atoms with Crippen LogP contribution in [0.2, 0.25) is 0 Å². The minimum absolute atomic E-state index is 0.0685. The lowest BCUT2D eigenvalue weighted by Gasteiger charge is -2.11. The Labute approximate surface area is 135 Å². The molecular weight excluding hydrogens is 316 g/mol. The number of nitro benzene ring substituents is 1. The molecule has 23 heavy (non-hydrogen) atoms. The minimum atomic E-state index is -0.507. The van der Waals surface area contributed by atoms with Gasteiger partial charge in [0.15, 0.2) is 0 Å². The second-order valence-electron chi connectivity index (χ2n) is 4.70.